The molecule has 0 spiro atoms. The van der Waals surface area contributed by atoms with Crippen molar-refractivity contribution < 1.29 is 4.79 Å². The number of hydrogen-bond acceptors (Lipinski definition) is 4. The van der Waals surface area contributed by atoms with Crippen LogP contribution in [0.15, 0.2) is 4.99 Å². The minimum absolute atomic E-state index is 0.0172. The third kappa shape index (κ3) is 5.00. The lowest BCUT2D eigenvalue weighted by molar-refractivity contribution is -0.123. The largest absolute Gasteiger partial charge is 0.353 e. The minimum atomic E-state index is -0.253. The molecule has 116 valence electrons. The van der Waals surface area contributed by atoms with Crippen molar-refractivity contribution in [2.24, 2.45) is 10.4 Å². The van der Waals surface area contributed by atoms with Gasteiger partial charge < -0.3 is 10.6 Å². The summed E-state index contributed by atoms with van der Waals surface area (Å²) >= 11 is 1.74. The lowest BCUT2D eigenvalue weighted by atomic mass is 9.84. The highest BCUT2D eigenvalue weighted by Crippen LogP contribution is 2.34. The van der Waals surface area contributed by atoms with E-state index in [1.54, 1.807) is 11.8 Å². The second-order valence-electron chi connectivity index (χ2n) is 6.72. The number of aliphatic imine (C=N–C) groups is 1. The number of carbonyl (C=O) groups excluding carboxylic acids is 1. The lowest BCUT2D eigenvalue weighted by Crippen LogP contribution is -2.51. The second kappa shape index (κ2) is 6.83. The number of nitrogens with zero attached hydrogens (tertiary/aromatic N) is 1. The first-order valence-electron chi connectivity index (χ1n) is 7.47. The maximum Gasteiger partial charge on any atom is 0.242 e. The van der Waals surface area contributed by atoms with Gasteiger partial charge in [0.15, 0.2) is 5.17 Å². The zero-order chi connectivity index (χ0) is 15.4. The van der Waals surface area contributed by atoms with Crippen molar-refractivity contribution in [3.05, 3.63) is 0 Å². The molecule has 0 aromatic heterocycles. The highest BCUT2D eigenvalue weighted by Gasteiger charge is 2.31. The van der Waals surface area contributed by atoms with Crippen molar-refractivity contribution in [2.45, 2.75) is 66.0 Å². The fourth-order valence-electron chi connectivity index (χ4n) is 2.05. The summed E-state index contributed by atoms with van der Waals surface area (Å²) in [4.78, 5) is 16.7. The zero-order valence-electron chi connectivity index (χ0n) is 13.7. The number of rotatable bonds is 4. The maximum absolute atomic E-state index is 12.0. The van der Waals surface area contributed by atoms with E-state index in [0.717, 1.165) is 30.3 Å². The molecule has 20 heavy (non-hydrogen) atoms. The third-order valence-electron chi connectivity index (χ3n) is 3.80. The first-order valence-corrected chi connectivity index (χ1v) is 8.46. The molecule has 1 atom stereocenters. The summed E-state index contributed by atoms with van der Waals surface area (Å²) in [5.41, 5.74) is 0.140. The summed E-state index contributed by atoms with van der Waals surface area (Å²) in [6.07, 6.45) is 2.32. The van der Waals surface area contributed by atoms with Gasteiger partial charge in [0.25, 0.3) is 0 Å². The van der Waals surface area contributed by atoms with Crippen molar-refractivity contribution in [1.29, 1.82) is 0 Å². The Bertz CT molecular complexity index is 370. The first kappa shape index (κ1) is 17.3. The Morgan fingerprint density at radius 2 is 2.00 bits per heavy atom. The molecule has 0 bridgehead atoms. The average Bonchev–Trinajstić information content (AvgIpc) is 2.38. The lowest BCUT2D eigenvalue weighted by Gasteiger charge is -2.34. The molecule has 1 unspecified atom stereocenters. The van der Waals surface area contributed by atoms with E-state index in [1.165, 1.54) is 0 Å². The SMILES string of the molecule is CCC1(CC)CN=C(NC(C)C(=O)NC(C)(C)C)SC1. The van der Waals surface area contributed by atoms with E-state index in [-0.39, 0.29) is 17.5 Å². The molecule has 1 heterocycles. The van der Waals surface area contributed by atoms with Crippen LogP contribution in [0.5, 0.6) is 0 Å². The maximum atomic E-state index is 12.0. The molecule has 0 aliphatic carbocycles. The predicted octanol–water partition coefficient (Wildman–Crippen LogP) is 2.79. The molecule has 0 radical (unpaired) electrons. The van der Waals surface area contributed by atoms with Gasteiger partial charge in [0.2, 0.25) is 5.91 Å². The van der Waals surface area contributed by atoms with Crippen LogP contribution < -0.4 is 10.6 Å². The minimum Gasteiger partial charge on any atom is -0.353 e. The summed E-state index contributed by atoms with van der Waals surface area (Å²) in [6, 6.07) is -0.253. The van der Waals surface area contributed by atoms with Crippen LogP contribution in [0.25, 0.3) is 0 Å². The van der Waals surface area contributed by atoms with Gasteiger partial charge in [0.05, 0.1) is 0 Å². The van der Waals surface area contributed by atoms with Crippen molar-refractivity contribution in [3.8, 4) is 0 Å². The molecule has 0 saturated heterocycles. The van der Waals surface area contributed by atoms with Gasteiger partial charge in [-0.05, 0) is 46.0 Å². The summed E-state index contributed by atoms with van der Waals surface area (Å²) in [7, 11) is 0. The van der Waals surface area contributed by atoms with Crippen molar-refractivity contribution in [1.82, 2.24) is 10.6 Å². The zero-order valence-corrected chi connectivity index (χ0v) is 14.5. The highest BCUT2D eigenvalue weighted by atomic mass is 32.2. The molecule has 0 fully saturated rings. The van der Waals surface area contributed by atoms with Gasteiger partial charge in [0.1, 0.15) is 6.04 Å². The summed E-state index contributed by atoms with van der Waals surface area (Å²) < 4.78 is 0. The van der Waals surface area contributed by atoms with Gasteiger partial charge in [-0.15, -0.1) is 0 Å². The number of amides is 1. The topological polar surface area (TPSA) is 53.5 Å². The molecule has 5 heteroatoms. The van der Waals surface area contributed by atoms with E-state index in [4.69, 9.17) is 0 Å². The van der Waals surface area contributed by atoms with Gasteiger partial charge in [-0.1, -0.05) is 25.6 Å². The molecule has 1 aliphatic rings. The smallest absolute Gasteiger partial charge is 0.242 e. The molecular formula is C15H29N3OS. The summed E-state index contributed by atoms with van der Waals surface area (Å²) in [5, 5.41) is 7.11. The van der Waals surface area contributed by atoms with Crippen LogP contribution >= 0.6 is 11.8 Å². The molecule has 1 aliphatic heterocycles. The Kier molecular flexibility index (Phi) is 5.92. The van der Waals surface area contributed by atoms with E-state index in [2.05, 4.69) is 29.5 Å². The van der Waals surface area contributed by atoms with E-state index in [9.17, 15) is 4.79 Å². The average molecular weight is 299 g/mol. The number of nitrogens with one attached hydrogen (secondary N) is 2. The highest BCUT2D eigenvalue weighted by molar-refractivity contribution is 8.13. The Morgan fingerprint density at radius 3 is 2.40 bits per heavy atom. The molecule has 0 aromatic rings. The monoisotopic (exact) mass is 299 g/mol. The number of amidine groups is 1. The third-order valence-corrected chi connectivity index (χ3v) is 5.08. The van der Waals surface area contributed by atoms with Crippen LogP contribution in [-0.2, 0) is 4.79 Å². The molecule has 1 rings (SSSR count). The number of carbonyl (C=O) groups is 1. The summed E-state index contributed by atoms with van der Waals surface area (Å²) in [6.45, 7) is 13.2. The first-order chi connectivity index (χ1) is 9.21. The van der Waals surface area contributed by atoms with Crippen molar-refractivity contribution >= 4 is 22.8 Å². The van der Waals surface area contributed by atoms with Crippen LogP contribution in [-0.4, -0.2) is 35.0 Å². The van der Waals surface area contributed by atoms with E-state index in [1.807, 2.05) is 27.7 Å². The quantitative estimate of drug-likeness (QED) is 0.839. The molecule has 0 aromatic carbocycles. The molecule has 1 amide bonds. The summed E-state index contributed by atoms with van der Waals surface area (Å²) in [5.74, 6) is 1.10. The van der Waals surface area contributed by atoms with Gasteiger partial charge in [-0.3, -0.25) is 9.79 Å². The van der Waals surface area contributed by atoms with Crippen LogP contribution in [0, 0.1) is 5.41 Å². The van der Waals surface area contributed by atoms with Gasteiger partial charge in [-0.25, -0.2) is 0 Å². The van der Waals surface area contributed by atoms with Gasteiger partial charge >= 0.3 is 0 Å². The van der Waals surface area contributed by atoms with E-state index in [0.29, 0.717) is 5.41 Å². The molecule has 2 N–H and O–H groups in total. The number of hydrogen-bond donors (Lipinski definition) is 2. The Balaban J connectivity index is 2.54. The van der Waals surface area contributed by atoms with E-state index >= 15 is 0 Å². The number of thioether (sulfide) groups is 1. The molecule has 4 nitrogen and oxygen atoms in total. The fourth-order valence-corrected chi connectivity index (χ4v) is 3.40. The Morgan fingerprint density at radius 1 is 1.40 bits per heavy atom. The van der Waals surface area contributed by atoms with Crippen LogP contribution in [0.3, 0.4) is 0 Å². The van der Waals surface area contributed by atoms with Crippen LogP contribution in [0.2, 0.25) is 0 Å². The van der Waals surface area contributed by atoms with Gasteiger partial charge in [-0.2, -0.15) is 0 Å². The van der Waals surface area contributed by atoms with Crippen molar-refractivity contribution in [2.75, 3.05) is 12.3 Å². The van der Waals surface area contributed by atoms with Gasteiger partial charge in [0, 0.05) is 17.8 Å². The molecule has 0 saturated carbocycles. The standard InChI is InChI=1S/C15H29N3OS/c1-7-15(8-2)9-16-13(20-10-15)17-11(3)12(19)18-14(4,5)6/h11H,7-10H2,1-6H3,(H,16,17)(H,18,19). The normalized spacial score (nSPS) is 20.0. The Labute approximate surface area is 127 Å². The predicted molar refractivity (Wildman–Crippen MR) is 88.3 cm³/mol. The van der Waals surface area contributed by atoms with Crippen molar-refractivity contribution in [3.63, 3.8) is 0 Å². The van der Waals surface area contributed by atoms with E-state index < -0.39 is 0 Å². The van der Waals surface area contributed by atoms with Crippen LogP contribution in [0.1, 0.15) is 54.4 Å². The molecular weight excluding hydrogens is 270 g/mol. The Hall–Kier alpha value is -0.710. The second-order valence-corrected chi connectivity index (χ2v) is 7.69. The van der Waals surface area contributed by atoms with Crippen LogP contribution in [0.4, 0.5) is 0 Å². The fraction of sp³-hybridized carbons (Fsp3) is 0.867.